The van der Waals surface area contributed by atoms with Crippen LogP contribution in [0.4, 0.5) is 0 Å². The van der Waals surface area contributed by atoms with Crippen LogP contribution in [0.3, 0.4) is 0 Å². The van der Waals surface area contributed by atoms with E-state index in [-0.39, 0.29) is 12.8 Å². The molecule has 15 heteroatoms. The van der Waals surface area contributed by atoms with Crippen LogP contribution in [-0.2, 0) is 52.3 Å². The zero-order valence-electron chi connectivity index (χ0n) is 28.3. The van der Waals surface area contributed by atoms with Crippen molar-refractivity contribution in [2.75, 3.05) is 19.8 Å². The highest BCUT2D eigenvalue weighted by Gasteiger charge is 2.61. The number of ether oxygens (including phenoxy) is 7. The maximum atomic E-state index is 13.1. The fraction of sp³-hybridized carbons (Fsp3) is 0.875. The molecule has 0 saturated carbocycles. The van der Waals surface area contributed by atoms with Gasteiger partial charge in [-0.2, -0.15) is 0 Å². The summed E-state index contributed by atoms with van der Waals surface area (Å²) in [6, 6.07) is 0. The topological polar surface area (TPSA) is 214 Å². The first-order chi connectivity index (χ1) is 22.2. The van der Waals surface area contributed by atoms with E-state index in [9.17, 15) is 39.6 Å². The zero-order chi connectivity index (χ0) is 35.3. The minimum atomic E-state index is -2.38. The third kappa shape index (κ3) is 12.2. The summed E-state index contributed by atoms with van der Waals surface area (Å²) in [4.78, 5) is 49.3. The highest BCUT2D eigenvalue weighted by Crippen LogP contribution is 2.38. The lowest BCUT2D eigenvalue weighted by atomic mass is 9.97. The molecule has 0 radical (unpaired) electrons. The molecule has 2 fully saturated rings. The Kier molecular flexibility index (Phi) is 17.0. The van der Waals surface area contributed by atoms with Gasteiger partial charge in [-0.15, -0.1) is 0 Å². The molecule has 0 aromatic carbocycles. The number of aliphatic hydroxyl groups excluding tert-OH is 4. The summed E-state index contributed by atoms with van der Waals surface area (Å²) in [5, 5.41) is 43.1. The Hall–Kier alpha value is -2.40. The molecule has 0 bridgehead atoms. The summed E-state index contributed by atoms with van der Waals surface area (Å²) >= 11 is 0. The van der Waals surface area contributed by atoms with Crippen molar-refractivity contribution in [3.05, 3.63) is 0 Å². The number of esters is 4. The SMILES string of the molecule is CC[C@@H](C)CCCC(=O)O[C@H]1[C@@H](O[C@]2(COC(C)=O)O[C@H](COC(C)=O)[C@@H](O)[C@@H]2O)O[C@H](CO)[C@@H](O)[C@@H]1OC(=O)CCC[C@@H](C)CC. The lowest BCUT2D eigenvalue weighted by molar-refractivity contribution is -0.384. The van der Waals surface area contributed by atoms with Crippen molar-refractivity contribution in [1.82, 2.24) is 0 Å². The van der Waals surface area contributed by atoms with Crippen molar-refractivity contribution >= 4 is 23.9 Å². The van der Waals surface area contributed by atoms with Gasteiger partial charge in [-0.05, 0) is 24.7 Å². The molecule has 0 amide bonds. The summed E-state index contributed by atoms with van der Waals surface area (Å²) < 4.78 is 39.0. The van der Waals surface area contributed by atoms with Gasteiger partial charge in [0.25, 0.3) is 0 Å². The number of hydrogen-bond acceptors (Lipinski definition) is 15. The molecular formula is C32H54O15. The first-order valence-electron chi connectivity index (χ1n) is 16.5. The summed E-state index contributed by atoms with van der Waals surface area (Å²) in [6.45, 7) is 8.28. The van der Waals surface area contributed by atoms with Crippen molar-refractivity contribution < 1.29 is 72.8 Å². The maximum Gasteiger partial charge on any atom is 0.306 e. The van der Waals surface area contributed by atoms with Gasteiger partial charge in [0, 0.05) is 26.7 Å². The first kappa shape index (κ1) is 40.8. The standard InChI is InChI=1S/C32H54O15/c1-7-18(3)11-9-13-24(36)44-28-26(38)22(15-33)43-31(29(28)45-25(37)14-10-12-19(4)8-2)47-32(17-42-21(6)35)30(40)27(39)23(46-32)16-41-20(5)34/h18-19,22-23,26-31,33,38-40H,7-17H2,1-6H3/t18-,19+,22+,23+,26+,27+,28-,29+,30-,31+,32-/m0/s1. The number of carbonyl (C=O) groups is 4. The van der Waals surface area contributed by atoms with E-state index in [0.717, 1.165) is 39.5 Å². The van der Waals surface area contributed by atoms with Crippen LogP contribution < -0.4 is 0 Å². The van der Waals surface area contributed by atoms with E-state index in [4.69, 9.17) is 33.2 Å². The highest BCUT2D eigenvalue weighted by molar-refractivity contribution is 5.71. The Morgan fingerprint density at radius 1 is 0.787 bits per heavy atom. The van der Waals surface area contributed by atoms with E-state index >= 15 is 0 Å². The van der Waals surface area contributed by atoms with E-state index in [1.165, 1.54) is 0 Å². The Balaban J connectivity index is 2.44. The lowest BCUT2D eigenvalue weighted by Crippen LogP contribution is -2.64. The molecule has 0 unspecified atom stereocenters. The van der Waals surface area contributed by atoms with E-state index in [1.54, 1.807) is 0 Å². The molecule has 2 rings (SSSR count). The normalized spacial score (nSPS) is 31.9. The molecule has 2 heterocycles. The van der Waals surface area contributed by atoms with E-state index in [0.29, 0.717) is 24.7 Å². The van der Waals surface area contributed by atoms with Crippen LogP contribution in [0.2, 0.25) is 0 Å². The van der Waals surface area contributed by atoms with Gasteiger partial charge in [-0.3, -0.25) is 19.2 Å². The number of hydrogen-bond donors (Lipinski definition) is 4. The molecular weight excluding hydrogens is 624 g/mol. The van der Waals surface area contributed by atoms with Gasteiger partial charge in [0.2, 0.25) is 12.1 Å². The quantitative estimate of drug-likeness (QED) is 0.112. The van der Waals surface area contributed by atoms with Crippen LogP contribution in [0.25, 0.3) is 0 Å². The van der Waals surface area contributed by atoms with E-state index in [1.807, 2.05) is 20.8 Å². The fourth-order valence-corrected chi connectivity index (χ4v) is 5.26. The van der Waals surface area contributed by atoms with Gasteiger partial charge in [-0.1, -0.05) is 53.4 Å². The summed E-state index contributed by atoms with van der Waals surface area (Å²) in [5.41, 5.74) is 0. The predicted molar refractivity (Wildman–Crippen MR) is 162 cm³/mol. The third-order valence-corrected chi connectivity index (χ3v) is 8.63. The monoisotopic (exact) mass is 678 g/mol. The number of carbonyl (C=O) groups excluding carboxylic acids is 4. The largest absolute Gasteiger partial charge is 0.463 e. The van der Waals surface area contributed by atoms with Gasteiger partial charge >= 0.3 is 23.9 Å². The van der Waals surface area contributed by atoms with Crippen molar-refractivity contribution in [2.24, 2.45) is 11.8 Å². The summed E-state index contributed by atoms with van der Waals surface area (Å²) in [7, 11) is 0. The van der Waals surface area contributed by atoms with E-state index < -0.39 is 98.5 Å². The molecule has 47 heavy (non-hydrogen) atoms. The Morgan fingerprint density at radius 2 is 1.32 bits per heavy atom. The molecule has 0 spiro atoms. The van der Waals surface area contributed by atoms with Crippen LogP contribution in [0, 0.1) is 11.8 Å². The molecule has 0 aromatic rings. The smallest absolute Gasteiger partial charge is 0.306 e. The molecule has 0 aliphatic carbocycles. The fourth-order valence-electron chi connectivity index (χ4n) is 5.26. The van der Waals surface area contributed by atoms with Gasteiger partial charge in [0.1, 0.15) is 43.7 Å². The lowest BCUT2D eigenvalue weighted by Gasteiger charge is -2.45. The van der Waals surface area contributed by atoms with Crippen molar-refractivity contribution in [1.29, 1.82) is 0 Å². The number of aliphatic hydroxyl groups is 4. The van der Waals surface area contributed by atoms with Crippen molar-refractivity contribution in [2.45, 2.75) is 148 Å². The van der Waals surface area contributed by atoms with Crippen molar-refractivity contribution in [3.63, 3.8) is 0 Å². The maximum absolute atomic E-state index is 13.1. The number of rotatable bonds is 19. The van der Waals surface area contributed by atoms with Crippen LogP contribution >= 0.6 is 0 Å². The Labute approximate surface area is 276 Å². The molecule has 272 valence electrons. The Bertz CT molecular complexity index is 1010. The van der Waals surface area contributed by atoms with Gasteiger partial charge < -0.3 is 53.6 Å². The molecule has 4 N–H and O–H groups in total. The van der Waals surface area contributed by atoms with Crippen LogP contribution in [-0.4, -0.2) is 119 Å². The molecule has 2 aliphatic rings. The Morgan fingerprint density at radius 3 is 1.81 bits per heavy atom. The van der Waals surface area contributed by atoms with Crippen LogP contribution in [0.15, 0.2) is 0 Å². The van der Waals surface area contributed by atoms with Crippen LogP contribution in [0.5, 0.6) is 0 Å². The third-order valence-electron chi connectivity index (χ3n) is 8.63. The molecule has 11 atom stereocenters. The second-order valence-electron chi connectivity index (χ2n) is 12.5. The van der Waals surface area contributed by atoms with E-state index in [2.05, 4.69) is 6.92 Å². The predicted octanol–water partition coefficient (Wildman–Crippen LogP) is 1.28. The van der Waals surface area contributed by atoms with Crippen LogP contribution in [0.1, 0.15) is 92.9 Å². The summed E-state index contributed by atoms with van der Waals surface area (Å²) in [5.74, 6) is -4.56. The summed E-state index contributed by atoms with van der Waals surface area (Å²) in [6.07, 6.45) is -8.83. The second kappa shape index (κ2) is 19.6. The van der Waals surface area contributed by atoms with Gasteiger partial charge in [0.05, 0.1) is 6.61 Å². The minimum absolute atomic E-state index is 0.00153. The second-order valence-corrected chi connectivity index (χ2v) is 12.5. The van der Waals surface area contributed by atoms with Gasteiger partial charge in [0.15, 0.2) is 12.2 Å². The van der Waals surface area contributed by atoms with Crippen molar-refractivity contribution in [3.8, 4) is 0 Å². The zero-order valence-corrected chi connectivity index (χ0v) is 28.3. The molecule has 0 aromatic heterocycles. The first-order valence-corrected chi connectivity index (χ1v) is 16.5. The average molecular weight is 679 g/mol. The van der Waals surface area contributed by atoms with Gasteiger partial charge in [-0.25, -0.2) is 0 Å². The highest BCUT2D eigenvalue weighted by atomic mass is 16.8. The average Bonchev–Trinajstić information content (AvgIpc) is 3.26. The molecule has 15 nitrogen and oxygen atoms in total. The minimum Gasteiger partial charge on any atom is -0.463 e. The molecule has 2 saturated heterocycles. The molecule has 2 aliphatic heterocycles.